The summed E-state index contributed by atoms with van der Waals surface area (Å²) >= 11 is 0. The van der Waals surface area contributed by atoms with Crippen LogP contribution in [0.15, 0.2) is 0 Å². The van der Waals surface area contributed by atoms with Gasteiger partial charge in [0, 0.05) is 19.1 Å². The summed E-state index contributed by atoms with van der Waals surface area (Å²) in [5, 5.41) is 0. The molecule has 1 fully saturated rings. The number of nitrogens with two attached hydrogens (primary N) is 1. The fourth-order valence-electron chi connectivity index (χ4n) is 0.954. The summed E-state index contributed by atoms with van der Waals surface area (Å²) < 4.78 is 23.1. The van der Waals surface area contributed by atoms with E-state index in [0.29, 0.717) is 13.1 Å². The molecule has 1 aliphatic rings. The molecule has 1 heterocycles. The fourth-order valence-corrected chi connectivity index (χ4v) is 0.954. The second kappa shape index (κ2) is 4.05. The average Bonchev–Trinajstić information content (AvgIpc) is 1.60. The number of alkyl halides is 2. The lowest BCUT2D eigenvalue weighted by atomic mass is 10.1. The van der Waals surface area contributed by atoms with Crippen molar-refractivity contribution in [2.45, 2.75) is 12.5 Å². The normalized spacial score (nSPS) is 20.4. The minimum absolute atomic E-state index is 0. The van der Waals surface area contributed by atoms with Crippen molar-refractivity contribution in [3.63, 3.8) is 0 Å². The molecule has 0 saturated carbocycles. The lowest BCUT2D eigenvalue weighted by Crippen LogP contribution is -2.56. The molecule has 0 spiro atoms. The summed E-state index contributed by atoms with van der Waals surface area (Å²) in [4.78, 5) is 1.65. The Morgan fingerprint density at radius 2 is 2.00 bits per heavy atom. The van der Waals surface area contributed by atoms with Crippen LogP contribution in [-0.2, 0) is 0 Å². The number of likely N-dealkylation sites (tertiary alicyclic amines) is 1. The molecule has 1 saturated heterocycles. The Balaban J connectivity index is 0.000000810. The van der Waals surface area contributed by atoms with E-state index in [4.69, 9.17) is 5.73 Å². The predicted molar refractivity (Wildman–Crippen MR) is 37.7 cm³/mol. The summed E-state index contributed by atoms with van der Waals surface area (Å²) in [6.07, 6.45) is -2.21. The van der Waals surface area contributed by atoms with E-state index in [9.17, 15) is 8.78 Å². The fraction of sp³-hybridized carbons (Fsp3) is 1.00. The van der Waals surface area contributed by atoms with Crippen LogP contribution in [0.1, 0.15) is 0 Å². The van der Waals surface area contributed by atoms with Gasteiger partial charge in [-0.15, -0.1) is 12.4 Å². The number of hydrogen-bond donors (Lipinski definition) is 1. The number of nitrogens with zero attached hydrogens (tertiary/aromatic N) is 1. The van der Waals surface area contributed by atoms with Gasteiger partial charge in [0.15, 0.2) is 0 Å². The van der Waals surface area contributed by atoms with Gasteiger partial charge in [0.05, 0.1) is 6.54 Å². The molecule has 0 aliphatic carbocycles. The van der Waals surface area contributed by atoms with Crippen molar-refractivity contribution in [1.29, 1.82) is 0 Å². The molecule has 0 radical (unpaired) electrons. The van der Waals surface area contributed by atoms with Gasteiger partial charge in [-0.3, -0.25) is 4.90 Å². The Labute approximate surface area is 64.8 Å². The largest absolute Gasteiger partial charge is 0.325 e. The highest BCUT2D eigenvalue weighted by molar-refractivity contribution is 5.85. The number of rotatable bonds is 2. The monoisotopic (exact) mass is 172 g/mol. The third-order valence-corrected chi connectivity index (χ3v) is 1.38. The first kappa shape index (κ1) is 10.1. The van der Waals surface area contributed by atoms with E-state index in [-0.39, 0.29) is 25.0 Å². The maximum absolute atomic E-state index is 11.6. The first-order valence-corrected chi connectivity index (χ1v) is 2.94. The van der Waals surface area contributed by atoms with Crippen LogP contribution in [0.4, 0.5) is 8.78 Å². The predicted octanol–water partition coefficient (Wildman–Crippen LogP) is 0.316. The molecule has 0 unspecified atom stereocenters. The molecule has 62 valence electrons. The maximum atomic E-state index is 11.6. The van der Waals surface area contributed by atoms with Gasteiger partial charge in [0.25, 0.3) is 6.43 Å². The minimum atomic E-state index is -2.21. The Hall–Kier alpha value is 0.0700. The Morgan fingerprint density at radius 1 is 1.50 bits per heavy atom. The van der Waals surface area contributed by atoms with Gasteiger partial charge in [0.2, 0.25) is 0 Å². The average molecular weight is 173 g/mol. The molecule has 1 rings (SSSR count). The third kappa shape index (κ3) is 2.77. The summed E-state index contributed by atoms with van der Waals surface area (Å²) in [5.41, 5.74) is 5.36. The van der Waals surface area contributed by atoms with E-state index in [1.165, 1.54) is 0 Å². The first-order chi connectivity index (χ1) is 4.18. The van der Waals surface area contributed by atoms with Crippen molar-refractivity contribution in [3.8, 4) is 0 Å². The molecular formula is C5H11ClF2N2. The summed E-state index contributed by atoms with van der Waals surface area (Å²) in [7, 11) is 0. The molecule has 0 aromatic rings. The van der Waals surface area contributed by atoms with Gasteiger partial charge in [-0.2, -0.15) is 0 Å². The highest BCUT2D eigenvalue weighted by Gasteiger charge is 2.24. The van der Waals surface area contributed by atoms with E-state index in [2.05, 4.69) is 0 Å². The Bertz CT molecular complexity index is 95.6. The zero-order valence-electron chi connectivity index (χ0n) is 5.46. The third-order valence-electron chi connectivity index (χ3n) is 1.38. The molecule has 0 bridgehead atoms. The van der Waals surface area contributed by atoms with E-state index in [1.54, 1.807) is 4.90 Å². The smallest absolute Gasteiger partial charge is 0.251 e. The zero-order chi connectivity index (χ0) is 6.85. The molecule has 10 heavy (non-hydrogen) atoms. The van der Waals surface area contributed by atoms with Crippen LogP contribution in [0.3, 0.4) is 0 Å². The molecule has 0 atom stereocenters. The van der Waals surface area contributed by atoms with Gasteiger partial charge < -0.3 is 5.73 Å². The van der Waals surface area contributed by atoms with Crippen molar-refractivity contribution in [3.05, 3.63) is 0 Å². The van der Waals surface area contributed by atoms with E-state index < -0.39 is 6.43 Å². The van der Waals surface area contributed by atoms with Crippen molar-refractivity contribution < 1.29 is 8.78 Å². The lowest BCUT2D eigenvalue weighted by Gasteiger charge is -2.36. The van der Waals surface area contributed by atoms with Gasteiger partial charge in [-0.05, 0) is 0 Å². The molecule has 0 aromatic heterocycles. The van der Waals surface area contributed by atoms with Crippen LogP contribution in [0.5, 0.6) is 0 Å². The number of halogens is 3. The lowest BCUT2D eigenvalue weighted by molar-refractivity contribution is 0.0483. The zero-order valence-corrected chi connectivity index (χ0v) is 6.28. The van der Waals surface area contributed by atoms with Crippen LogP contribution >= 0.6 is 12.4 Å². The van der Waals surface area contributed by atoms with Crippen LogP contribution in [-0.4, -0.2) is 37.0 Å². The summed E-state index contributed by atoms with van der Waals surface area (Å²) in [6, 6.07) is 0.128. The van der Waals surface area contributed by atoms with Crippen molar-refractivity contribution in [2.75, 3.05) is 19.6 Å². The van der Waals surface area contributed by atoms with Crippen LogP contribution in [0.2, 0.25) is 0 Å². The topological polar surface area (TPSA) is 29.3 Å². The standard InChI is InChI=1S/C5H10F2N2.ClH/c6-5(7)3-9-1-4(8)2-9;/h4-5H,1-3,8H2;1H. The SMILES string of the molecule is Cl.NC1CN(CC(F)F)C1. The van der Waals surface area contributed by atoms with Gasteiger partial charge in [-0.25, -0.2) is 8.78 Å². The van der Waals surface area contributed by atoms with Crippen molar-refractivity contribution >= 4 is 12.4 Å². The van der Waals surface area contributed by atoms with E-state index >= 15 is 0 Å². The van der Waals surface area contributed by atoms with Gasteiger partial charge in [0.1, 0.15) is 0 Å². The first-order valence-electron chi connectivity index (χ1n) is 2.94. The van der Waals surface area contributed by atoms with Crippen molar-refractivity contribution in [2.24, 2.45) is 5.73 Å². The highest BCUT2D eigenvalue weighted by atomic mass is 35.5. The molecular weight excluding hydrogens is 162 g/mol. The molecule has 2 nitrogen and oxygen atoms in total. The van der Waals surface area contributed by atoms with Crippen molar-refractivity contribution in [1.82, 2.24) is 4.90 Å². The van der Waals surface area contributed by atoms with Gasteiger partial charge >= 0.3 is 0 Å². The molecule has 5 heteroatoms. The summed E-state index contributed by atoms with van der Waals surface area (Å²) in [6.45, 7) is 1.14. The maximum Gasteiger partial charge on any atom is 0.251 e. The minimum Gasteiger partial charge on any atom is -0.325 e. The molecule has 2 N–H and O–H groups in total. The quantitative estimate of drug-likeness (QED) is 0.650. The summed E-state index contributed by atoms with van der Waals surface area (Å²) in [5.74, 6) is 0. The second-order valence-electron chi connectivity index (χ2n) is 2.37. The Morgan fingerprint density at radius 3 is 2.30 bits per heavy atom. The van der Waals surface area contributed by atoms with Crippen LogP contribution in [0, 0.1) is 0 Å². The van der Waals surface area contributed by atoms with Gasteiger partial charge in [-0.1, -0.05) is 0 Å². The molecule has 1 aliphatic heterocycles. The van der Waals surface area contributed by atoms with Crippen LogP contribution in [0.25, 0.3) is 0 Å². The van der Waals surface area contributed by atoms with Crippen LogP contribution < -0.4 is 5.73 Å². The van der Waals surface area contributed by atoms with E-state index in [1.807, 2.05) is 0 Å². The number of hydrogen-bond acceptors (Lipinski definition) is 2. The molecule has 0 amide bonds. The Kier molecular flexibility index (Phi) is 4.08. The highest BCUT2D eigenvalue weighted by Crippen LogP contribution is 2.07. The second-order valence-corrected chi connectivity index (χ2v) is 2.37. The van der Waals surface area contributed by atoms with E-state index in [0.717, 1.165) is 0 Å². The molecule has 0 aromatic carbocycles.